The molecule has 0 spiro atoms. The minimum atomic E-state index is 0.538. The van der Waals surface area contributed by atoms with Crippen molar-refractivity contribution in [1.29, 1.82) is 0 Å². The first-order chi connectivity index (χ1) is 9.20. The monoisotopic (exact) mass is 254 g/mol. The number of aromatic nitrogens is 3. The van der Waals surface area contributed by atoms with Gasteiger partial charge in [-0.25, -0.2) is 9.66 Å². The van der Waals surface area contributed by atoms with Gasteiger partial charge in [0.05, 0.1) is 7.11 Å². The summed E-state index contributed by atoms with van der Waals surface area (Å²) in [5.41, 5.74) is 3.36. The Morgan fingerprint density at radius 3 is 2.58 bits per heavy atom. The molecule has 2 aromatic heterocycles. The molecular weight excluding hydrogens is 240 g/mol. The molecule has 0 fully saturated rings. The topological polar surface area (TPSA) is 66.0 Å². The van der Waals surface area contributed by atoms with Crippen molar-refractivity contribution >= 4 is 11.2 Å². The third-order valence-corrected chi connectivity index (χ3v) is 3.06. The van der Waals surface area contributed by atoms with Crippen molar-refractivity contribution in [2.45, 2.75) is 6.92 Å². The van der Waals surface area contributed by atoms with Crippen LogP contribution < -0.4 is 10.6 Å². The van der Waals surface area contributed by atoms with Gasteiger partial charge in [-0.3, -0.25) is 0 Å². The van der Waals surface area contributed by atoms with Crippen LogP contribution >= 0.6 is 0 Å². The first kappa shape index (κ1) is 11.5. The third kappa shape index (κ3) is 1.79. The van der Waals surface area contributed by atoms with E-state index in [0.29, 0.717) is 17.4 Å². The van der Waals surface area contributed by atoms with E-state index >= 15 is 0 Å². The zero-order valence-electron chi connectivity index (χ0n) is 10.8. The predicted octanol–water partition coefficient (Wildman–Crippen LogP) is 2.13. The second-order valence-corrected chi connectivity index (χ2v) is 4.33. The van der Waals surface area contributed by atoms with Crippen molar-refractivity contribution in [2.24, 2.45) is 0 Å². The molecule has 0 aliphatic heterocycles. The van der Waals surface area contributed by atoms with E-state index in [1.807, 2.05) is 43.3 Å². The van der Waals surface area contributed by atoms with Crippen molar-refractivity contribution in [1.82, 2.24) is 14.6 Å². The number of pyridine rings is 1. The van der Waals surface area contributed by atoms with Gasteiger partial charge in [0, 0.05) is 11.6 Å². The molecule has 2 heterocycles. The molecule has 0 aliphatic rings. The maximum Gasteiger partial charge on any atom is 0.215 e. The van der Waals surface area contributed by atoms with Crippen LogP contribution in [0.2, 0.25) is 0 Å². The molecule has 0 radical (unpaired) electrons. The molecule has 96 valence electrons. The van der Waals surface area contributed by atoms with E-state index in [1.165, 1.54) is 4.68 Å². The quantitative estimate of drug-likeness (QED) is 0.711. The molecule has 0 aliphatic carbocycles. The van der Waals surface area contributed by atoms with E-state index in [1.54, 1.807) is 7.11 Å². The number of nitrogen functional groups attached to an aromatic ring is 1. The second-order valence-electron chi connectivity index (χ2n) is 4.33. The fraction of sp³-hybridized carbons (Fsp3) is 0.143. The SMILES string of the molecule is COc1cc(C)c2nc(-c3ccccc3)n(N)c2n1. The first-order valence-corrected chi connectivity index (χ1v) is 5.95. The average molecular weight is 254 g/mol. The number of benzene rings is 1. The largest absolute Gasteiger partial charge is 0.481 e. The summed E-state index contributed by atoms with van der Waals surface area (Å²) in [5.74, 6) is 7.33. The van der Waals surface area contributed by atoms with Gasteiger partial charge in [-0.1, -0.05) is 30.3 Å². The number of methoxy groups -OCH3 is 1. The molecule has 0 amide bonds. The van der Waals surface area contributed by atoms with Gasteiger partial charge in [-0.05, 0) is 12.5 Å². The molecule has 0 saturated carbocycles. The van der Waals surface area contributed by atoms with Gasteiger partial charge in [0.1, 0.15) is 5.52 Å². The standard InChI is InChI=1S/C14H14N4O/c1-9-8-11(19-2)16-14-12(9)17-13(18(14)15)10-6-4-3-5-7-10/h3-8H,15H2,1-2H3. The van der Waals surface area contributed by atoms with Crippen LogP contribution in [0, 0.1) is 6.92 Å². The zero-order chi connectivity index (χ0) is 13.4. The smallest absolute Gasteiger partial charge is 0.215 e. The van der Waals surface area contributed by atoms with Crippen molar-refractivity contribution in [3.8, 4) is 17.3 Å². The highest BCUT2D eigenvalue weighted by molar-refractivity contribution is 5.80. The second kappa shape index (κ2) is 4.28. The number of imidazole rings is 1. The average Bonchev–Trinajstić information content (AvgIpc) is 2.78. The molecule has 5 nitrogen and oxygen atoms in total. The number of nitrogens with zero attached hydrogens (tertiary/aromatic N) is 3. The molecule has 0 bridgehead atoms. The number of aryl methyl sites for hydroxylation is 1. The fourth-order valence-electron chi connectivity index (χ4n) is 2.08. The van der Waals surface area contributed by atoms with Crippen LogP contribution in [-0.2, 0) is 0 Å². The number of fused-ring (bicyclic) bond motifs is 1. The van der Waals surface area contributed by atoms with Crippen LogP contribution in [0.5, 0.6) is 5.88 Å². The van der Waals surface area contributed by atoms with Crippen molar-refractivity contribution < 1.29 is 4.74 Å². The maximum absolute atomic E-state index is 6.10. The molecule has 5 heteroatoms. The van der Waals surface area contributed by atoms with Crippen LogP contribution in [0.4, 0.5) is 0 Å². The van der Waals surface area contributed by atoms with Gasteiger partial charge in [0.2, 0.25) is 5.88 Å². The number of ether oxygens (including phenoxy) is 1. The van der Waals surface area contributed by atoms with Gasteiger partial charge in [0.25, 0.3) is 0 Å². The molecule has 3 aromatic rings. The summed E-state index contributed by atoms with van der Waals surface area (Å²) < 4.78 is 6.67. The van der Waals surface area contributed by atoms with Crippen molar-refractivity contribution in [3.05, 3.63) is 42.0 Å². The van der Waals surface area contributed by atoms with E-state index in [4.69, 9.17) is 10.6 Å². The molecule has 19 heavy (non-hydrogen) atoms. The normalized spacial score (nSPS) is 10.8. The molecule has 0 unspecified atom stereocenters. The lowest BCUT2D eigenvalue weighted by Crippen LogP contribution is -2.10. The number of nitrogens with two attached hydrogens (primary N) is 1. The Labute approximate surface area is 110 Å². The van der Waals surface area contributed by atoms with Crippen LogP contribution in [0.3, 0.4) is 0 Å². The Balaban J connectivity index is 2.29. The lowest BCUT2D eigenvalue weighted by Gasteiger charge is -2.03. The molecule has 0 atom stereocenters. The lowest BCUT2D eigenvalue weighted by atomic mass is 10.2. The number of rotatable bonds is 2. The van der Waals surface area contributed by atoms with Gasteiger partial charge in [0.15, 0.2) is 11.5 Å². The summed E-state index contributed by atoms with van der Waals surface area (Å²) in [5, 5.41) is 0. The Hall–Kier alpha value is -2.56. The Morgan fingerprint density at radius 2 is 1.89 bits per heavy atom. The third-order valence-electron chi connectivity index (χ3n) is 3.06. The fourth-order valence-corrected chi connectivity index (χ4v) is 2.08. The summed E-state index contributed by atoms with van der Waals surface area (Å²) in [7, 11) is 1.59. The molecule has 3 rings (SSSR count). The van der Waals surface area contributed by atoms with E-state index in [0.717, 1.165) is 16.6 Å². The molecular formula is C14H14N4O. The summed E-state index contributed by atoms with van der Waals surface area (Å²) in [6.45, 7) is 1.97. The zero-order valence-corrected chi connectivity index (χ0v) is 10.8. The van der Waals surface area contributed by atoms with Crippen LogP contribution in [-0.4, -0.2) is 21.8 Å². The van der Waals surface area contributed by atoms with Gasteiger partial charge in [-0.2, -0.15) is 4.98 Å². The Kier molecular flexibility index (Phi) is 2.59. The summed E-state index contributed by atoms with van der Waals surface area (Å²) in [6.07, 6.45) is 0. The Bertz CT molecular complexity index is 734. The molecule has 0 saturated heterocycles. The van der Waals surface area contributed by atoms with Gasteiger partial charge in [-0.15, -0.1) is 0 Å². The minimum Gasteiger partial charge on any atom is -0.481 e. The van der Waals surface area contributed by atoms with E-state index in [-0.39, 0.29) is 0 Å². The number of hydrogen-bond acceptors (Lipinski definition) is 4. The molecule has 2 N–H and O–H groups in total. The van der Waals surface area contributed by atoms with Crippen molar-refractivity contribution in [3.63, 3.8) is 0 Å². The summed E-state index contributed by atoms with van der Waals surface area (Å²) in [4.78, 5) is 8.93. The van der Waals surface area contributed by atoms with Gasteiger partial charge >= 0.3 is 0 Å². The Morgan fingerprint density at radius 1 is 1.16 bits per heavy atom. The highest BCUT2D eigenvalue weighted by atomic mass is 16.5. The number of hydrogen-bond donors (Lipinski definition) is 1. The van der Waals surface area contributed by atoms with E-state index < -0.39 is 0 Å². The highest BCUT2D eigenvalue weighted by Gasteiger charge is 2.14. The van der Waals surface area contributed by atoms with Crippen molar-refractivity contribution in [2.75, 3.05) is 13.0 Å². The highest BCUT2D eigenvalue weighted by Crippen LogP contribution is 2.25. The van der Waals surface area contributed by atoms with Crippen LogP contribution in [0.1, 0.15) is 5.56 Å². The molecule has 1 aromatic carbocycles. The lowest BCUT2D eigenvalue weighted by molar-refractivity contribution is 0.399. The first-order valence-electron chi connectivity index (χ1n) is 5.95. The predicted molar refractivity (Wildman–Crippen MR) is 74.4 cm³/mol. The summed E-state index contributed by atoms with van der Waals surface area (Å²) >= 11 is 0. The maximum atomic E-state index is 6.10. The van der Waals surface area contributed by atoms with E-state index in [9.17, 15) is 0 Å². The van der Waals surface area contributed by atoms with Gasteiger partial charge < -0.3 is 10.6 Å². The van der Waals surface area contributed by atoms with Crippen LogP contribution in [0.25, 0.3) is 22.6 Å². The minimum absolute atomic E-state index is 0.538. The van der Waals surface area contributed by atoms with Crippen LogP contribution in [0.15, 0.2) is 36.4 Å². The summed E-state index contributed by atoms with van der Waals surface area (Å²) in [6, 6.07) is 11.7. The van der Waals surface area contributed by atoms with E-state index in [2.05, 4.69) is 9.97 Å².